The SMILES string of the molecule is CCCCCCN(C)C1/C=C/C[C@H](CC(C)C)/C=C\C1. The van der Waals surface area contributed by atoms with Crippen molar-refractivity contribution in [2.45, 2.75) is 71.8 Å². The second-order valence-corrected chi connectivity index (χ2v) is 6.83. The van der Waals surface area contributed by atoms with Gasteiger partial charge in [0.15, 0.2) is 0 Å². The van der Waals surface area contributed by atoms with Gasteiger partial charge in [0.1, 0.15) is 0 Å². The summed E-state index contributed by atoms with van der Waals surface area (Å²) >= 11 is 0. The maximum absolute atomic E-state index is 2.53. The van der Waals surface area contributed by atoms with Crippen LogP contribution in [-0.4, -0.2) is 24.5 Å². The molecule has 116 valence electrons. The molecule has 1 rings (SSSR count). The van der Waals surface area contributed by atoms with Crippen LogP contribution in [0.25, 0.3) is 0 Å². The molecule has 0 fully saturated rings. The lowest BCUT2D eigenvalue weighted by Crippen LogP contribution is -2.31. The summed E-state index contributed by atoms with van der Waals surface area (Å²) in [6, 6.07) is 0.605. The monoisotopic (exact) mass is 277 g/mol. The number of allylic oxidation sites excluding steroid dienone is 2. The van der Waals surface area contributed by atoms with Crippen LogP contribution in [0.4, 0.5) is 0 Å². The van der Waals surface area contributed by atoms with Gasteiger partial charge in [-0.3, -0.25) is 4.90 Å². The lowest BCUT2D eigenvalue weighted by atomic mass is 9.91. The molecule has 0 saturated carbocycles. The van der Waals surface area contributed by atoms with E-state index in [-0.39, 0.29) is 0 Å². The van der Waals surface area contributed by atoms with Crippen LogP contribution < -0.4 is 0 Å². The molecule has 1 aliphatic carbocycles. The fourth-order valence-electron chi connectivity index (χ4n) is 3.04. The van der Waals surface area contributed by atoms with E-state index >= 15 is 0 Å². The predicted octanol–water partition coefficient (Wildman–Crippen LogP) is 5.44. The van der Waals surface area contributed by atoms with Crippen molar-refractivity contribution in [3.63, 3.8) is 0 Å². The number of unbranched alkanes of at least 4 members (excludes halogenated alkanes) is 3. The Balaban J connectivity index is 2.35. The van der Waals surface area contributed by atoms with Crippen LogP contribution in [-0.2, 0) is 0 Å². The Bertz CT molecular complexity index is 290. The lowest BCUT2D eigenvalue weighted by molar-refractivity contribution is 0.274. The summed E-state index contributed by atoms with van der Waals surface area (Å²) in [5.41, 5.74) is 0. The molecule has 0 aromatic carbocycles. The molecule has 1 aliphatic rings. The Morgan fingerprint density at radius 2 is 1.80 bits per heavy atom. The van der Waals surface area contributed by atoms with Gasteiger partial charge in [-0.25, -0.2) is 0 Å². The van der Waals surface area contributed by atoms with Gasteiger partial charge in [0, 0.05) is 6.04 Å². The molecule has 0 radical (unpaired) electrons. The van der Waals surface area contributed by atoms with Gasteiger partial charge in [0.05, 0.1) is 0 Å². The van der Waals surface area contributed by atoms with Crippen molar-refractivity contribution in [2.75, 3.05) is 13.6 Å². The van der Waals surface area contributed by atoms with E-state index in [1.807, 2.05) is 0 Å². The standard InChI is InChI=1S/C19H35N/c1-5-6-7-8-15-20(4)19-13-9-11-18(12-10-14-19)16-17(2)3/h9-11,14,17-19H,5-8,12-13,15-16H2,1-4H3/b11-9-,14-10+/t18-,19?/m1/s1. The van der Waals surface area contributed by atoms with E-state index in [0.717, 1.165) is 11.8 Å². The maximum Gasteiger partial charge on any atom is 0.0309 e. The van der Waals surface area contributed by atoms with Crippen molar-refractivity contribution in [2.24, 2.45) is 11.8 Å². The van der Waals surface area contributed by atoms with E-state index in [4.69, 9.17) is 0 Å². The largest absolute Gasteiger partial charge is 0.300 e. The number of rotatable bonds is 8. The second-order valence-electron chi connectivity index (χ2n) is 6.83. The molecule has 0 aromatic heterocycles. The summed E-state index contributed by atoms with van der Waals surface area (Å²) in [5.74, 6) is 1.55. The van der Waals surface area contributed by atoms with Crippen molar-refractivity contribution < 1.29 is 0 Å². The minimum Gasteiger partial charge on any atom is -0.300 e. The highest BCUT2D eigenvalue weighted by Gasteiger charge is 2.13. The summed E-state index contributed by atoms with van der Waals surface area (Å²) in [5, 5.41) is 0. The molecule has 0 amide bonds. The van der Waals surface area contributed by atoms with Crippen molar-refractivity contribution in [1.29, 1.82) is 0 Å². The van der Waals surface area contributed by atoms with E-state index in [9.17, 15) is 0 Å². The molecule has 0 saturated heterocycles. The minimum atomic E-state index is 0.605. The molecule has 0 aromatic rings. The van der Waals surface area contributed by atoms with Crippen LogP contribution in [0.3, 0.4) is 0 Å². The lowest BCUT2D eigenvalue weighted by Gasteiger charge is -2.26. The van der Waals surface area contributed by atoms with Crippen molar-refractivity contribution in [3.8, 4) is 0 Å². The third-order valence-corrected chi connectivity index (χ3v) is 4.29. The van der Waals surface area contributed by atoms with Gasteiger partial charge in [-0.05, 0) is 51.1 Å². The summed E-state index contributed by atoms with van der Waals surface area (Å²) in [4.78, 5) is 2.53. The molecule has 0 N–H and O–H groups in total. The molecular formula is C19H35N. The van der Waals surface area contributed by atoms with Gasteiger partial charge in [-0.15, -0.1) is 0 Å². The van der Waals surface area contributed by atoms with Gasteiger partial charge in [0.2, 0.25) is 0 Å². The third kappa shape index (κ3) is 7.28. The summed E-state index contributed by atoms with van der Waals surface area (Å²) in [6.45, 7) is 8.16. The van der Waals surface area contributed by atoms with Gasteiger partial charge in [0.25, 0.3) is 0 Å². The van der Waals surface area contributed by atoms with Crippen LogP contribution in [0.1, 0.15) is 65.7 Å². The van der Waals surface area contributed by atoms with Gasteiger partial charge < -0.3 is 0 Å². The van der Waals surface area contributed by atoms with Crippen LogP contribution in [0, 0.1) is 11.8 Å². The summed E-state index contributed by atoms with van der Waals surface area (Å²) < 4.78 is 0. The zero-order valence-corrected chi connectivity index (χ0v) is 14.1. The Morgan fingerprint density at radius 3 is 2.50 bits per heavy atom. The highest BCUT2D eigenvalue weighted by molar-refractivity contribution is 5.05. The first-order valence-electron chi connectivity index (χ1n) is 8.67. The Kier molecular flexibility index (Phi) is 8.93. The number of nitrogens with zero attached hydrogens (tertiary/aromatic N) is 1. The molecule has 1 heteroatoms. The molecular weight excluding hydrogens is 242 g/mol. The molecule has 0 spiro atoms. The Morgan fingerprint density at radius 1 is 1.05 bits per heavy atom. The van der Waals surface area contributed by atoms with E-state index in [1.54, 1.807) is 0 Å². The van der Waals surface area contributed by atoms with Gasteiger partial charge in [-0.1, -0.05) is 64.3 Å². The molecule has 1 nitrogen and oxygen atoms in total. The van der Waals surface area contributed by atoms with Crippen molar-refractivity contribution >= 4 is 0 Å². The first-order chi connectivity index (χ1) is 9.63. The van der Waals surface area contributed by atoms with Gasteiger partial charge >= 0.3 is 0 Å². The quantitative estimate of drug-likeness (QED) is 0.422. The molecule has 0 aliphatic heterocycles. The number of hydrogen-bond donors (Lipinski definition) is 0. The molecule has 2 atom stereocenters. The molecule has 0 bridgehead atoms. The number of likely N-dealkylation sites (N-methyl/N-ethyl adjacent to an activating group) is 1. The zero-order chi connectivity index (χ0) is 14.8. The fourth-order valence-corrected chi connectivity index (χ4v) is 3.04. The van der Waals surface area contributed by atoms with E-state index < -0.39 is 0 Å². The maximum atomic E-state index is 2.53. The Labute approximate surface area is 127 Å². The zero-order valence-electron chi connectivity index (χ0n) is 14.1. The fraction of sp³-hybridized carbons (Fsp3) is 0.789. The molecule has 0 heterocycles. The minimum absolute atomic E-state index is 0.605. The first kappa shape index (κ1) is 17.5. The molecule has 20 heavy (non-hydrogen) atoms. The van der Waals surface area contributed by atoms with Crippen LogP contribution in [0.2, 0.25) is 0 Å². The highest BCUT2D eigenvalue weighted by atomic mass is 15.1. The Hall–Kier alpha value is -0.560. The van der Waals surface area contributed by atoms with Crippen molar-refractivity contribution in [1.82, 2.24) is 4.90 Å². The third-order valence-electron chi connectivity index (χ3n) is 4.29. The normalized spacial score (nSPS) is 26.5. The average molecular weight is 277 g/mol. The number of hydrogen-bond acceptors (Lipinski definition) is 1. The summed E-state index contributed by atoms with van der Waals surface area (Å²) in [7, 11) is 2.28. The van der Waals surface area contributed by atoms with Crippen LogP contribution >= 0.6 is 0 Å². The first-order valence-corrected chi connectivity index (χ1v) is 8.67. The predicted molar refractivity (Wildman–Crippen MR) is 91.0 cm³/mol. The van der Waals surface area contributed by atoms with Crippen LogP contribution in [0.5, 0.6) is 0 Å². The average Bonchev–Trinajstić information content (AvgIpc) is 2.37. The van der Waals surface area contributed by atoms with E-state index in [0.29, 0.717) is 6.04 Å². The second kappa shape index (κ2) is 10.2. The summed E-state index contributed by atoms with van der Waals surface area (Å²) in [6.07, 6.45) is 18.9. The van der Waals surface area contributed by atoms with Gasteiger partial charge in [-0.2, -0.15) is 0 Å². The van der Waals surface area contributed by atoms with E-state index in [1.165, 1.54) is 51.5 Å². The van der Waals surface area contributed by atoms with Crippen molar-refractivity contribution in [3.05, 3.63) is 24.3 Å². The topological polar surface area (TPSA) is 3.24 Å². The van der Waals surface area contributed by atoms with Crippen LogP contribution in [0.15, 0.2) is 24.3 Å². The smallest absolute Gasteiger partial charge is 0.0309 e. The van der Waals surface area contributed by atoms with E-state index in [2.05, 4.69) is 57.0 Å². The molecule has 1 unspecified atom stereocenters. The highest BCUT2D eigenvalue weighted by Crippen LogP contribution is 2.21.